The van der Waals surface area contributed by atoms with E-state index in [1.807, 2.05) is 24.3 Å². The Bertz CT molecular complexity index is 1230. The number of hydrogen-bond donors (Lipinski definition) is 0. The van der Waals surface area contributed by atoms with E-state index >= 15 is 0 Å². The molecule has 4 aliphatic rings. The molecule has 5 rings (SSSR count). The third-order valence-electron chi connectivity index (χ3n) is 12.3. The smallest absolute Gasteiger partial charge is 0.161 e. The largest absolute Gasteiger partial charge is 0.488 e. The van der Waals surface area contributed by atoms with E-state index < -0.39 is 0 Å². The maximum Gasteiger partial charge on any atom is 0.161 e. The molecule has 0 amide bonds. The van der Waals surface area contributed by atoms with E-state index in [4.69, 9.17) is 33.2 Å². The second kappa shape index (κ2) is 28.8. The van der Waals surface area contributed by atoms with Crippen LogP contribution in [0.15, 0.2) is 24.3 Å². The molecule has 4 heterocycles. The van der Waals surface area contributed by atoms with Gasteiger partial charge in [0.1, 0.15) is 13.2 Å². The summed E-state index contributed by atoms with van der Waals surface area (Å²) >= 11 is 0. The molecule has 0 saturated carbocycles. The number of rotatable bonds is 1. The lowest BCUT2D eigenvalue weighted by Gasteiger charge is -2.42. The zero-order valence-electron chi connectivity index (χ0n) is 37.5. The molecule has 1 aromatic rings. The Labute approximate surface area is 357 Å². The molecule has 1 aromatic carbocycles. The quantitative estimate of drug-likeness (QED) is 0.376. The van der Waals surface area contributed by atoms with Crippen LogP contribution in [-0.2, 0) is 23.7 Å². The first-order valence-corrected chi connectivity index (χ1v) is 22.8. The molecule has 4 bridgehead atoms. The van der Waals surface area contributed by atoms with E-state index in [0.29, 0.717) is 78.0 Å². The standard InChI is InChI=1S/C44H82N8O7/c1-45-10-7-11-48(4)42(40-52-23-30-54-28-21-50(15-12-45)24-32-58-43-8-5-6-9-44(43)59-33-25-52)41-38-47(3)19-27-53-26-18-46(2)13-14-49-16-17-51(39-41)22-31-56-35-37-57-36-34-55-29-20-49/h5-6,8-9,41-42H,7,10-40H2,1-4H3/t41?,42-/m1/s1. The molecule has 3 saturated heterocycles. The molecule has 0 aliphatic carbocycles. The summed E-state index contributed by atoms with van der Waals surface area (Å²) in [7, 11) is 9.12. The van der Waals surface area contributed by atoms with Gasteiger partial charge in [0.05, 0.1) is 66.1 Å². The van der Waals surface area contributed by atoms with E-state index in [9.17, 15) is 0 Å². The Balaban J connectivity index is 1.42. The lowest BCUT2D eigenvalue weighted by Crippen LogP contribution is -2.54. The van der Waals surface area contributed by atoms with Gasteiger partial charge in [-0.3, -0.25) is 19.6 Å². The second-order valence-corrected chi connectivity index (χ2v) is 17.0. The summed E-state index contributed by atoms with van der Waals surface area (Å²) < 4.78 is 43.5. The van der Waals surface area contributed by atoms with Crippen molar-refractivity contribution in [3.05, 3.63) is 24.3 Å². The van der Waals surface area contributed by atoms with Crippen molar-refractivity contribution in [3.8, 4) is 11.5 Å². The Kier molecular flexibility index (Phi) is 23.6. The minimum absolute atomic E-state index is 0.299. The van der Waals surface area contributed by atoms with E-state index in [-0.39, 0.29) is 0 Å². The minimum atomic E-state index is 0.299. The van der Waals surface area contributed by atoms with Gasteiger partial charge in [-0.25, -0.2) is 0 Å². The predicted molar refractivity (Wildman–Crippen MR) is 234 cm³/mol. The topological polar surface area (TPSA) is 90.5 Å². The van der Waals surface area contributed by atoms with Crippen molar-refractivity contribution in [2.24, 2.45) is 5.92 Å². The fourth-order valence-corrected chi connectivity index (χ4v) is 8.40. The third kappa shape index (κ3) is 19.5. The normalized spacial score (nSPS) is 31.6. The fourth-order valence-electron chi connectivity index (χ4n) is 8.40. The summed E-state index contributed by atoms with van der Waals surface area (Å²) in [4.78, 5) is 20.4. The molecular weight excluding hydrogens is 753 g/mol. The number of benzene rings is 1. The number of ether oxygens (including phenoxy) is 7. The van der Waals surface area contributed by atoms with Crippen LogP contribution < -0.4 is 9.47 Å². The van der Waals surface area contributed by atoms with E-state index in [1.165, 1.54) is 0 Å². The van der Waals surface area contributed by atoms with Gasteiger partial charge in [0.25, 0.3) is 0 Å². The van der Waals surface area contributed by atoms with Crippen molar-refractivity contribution in [1.82, 2.24) is 39.2 Å². The molecule has 4 aliphatic heterocycles. The van der Waals surface area contributed by atoms with Crippen molar-refractivity contribution in [2.45, 2.75) is 12.5 Å². The van der Waals surface area contributed by atoms with Gasteiger partial charge in [0.2, 0.25) is 0 Å². The lowest BCUT2D eigenvalue weighted by molar-refractivity contribution is 0.00858. The highest BCUT2D eigenvalue weighted by molar-refractivity contribution is 5.39. The molecule has 59 heavy (non-hydrogen) atoms. The van der Waals surface area contributed by atoms with E-state index in [0.717, 1.165) is 155 Å². The molecular formula is C44H82N8O7. The molecule has 0 radical (unpaired) electrons. The monoisotopic (exact) mass is 835 g/mol. The predicted octanol–water partition coefficient (Wildman–Crippen LogP) is 0.892. The highest BCUT2D eigenvalue weighted by Crippen LogP contribution is 2.26. The zero-order valence-corrected chi connectivity index (χ0v) is 37.5. The molecule has 6 atom stereocenters. The number of hydrogen-bond acceptors (Lipinski definition) is 15. The van der Waals surface area contributed by atoms with E-state index in [1.54, 1.807) is 0 Å². The second-order valence-electron chi connectivity index (χ2n) is 17.0. The zero-order chi connectivity index (χ0) is 41.3. The molecule has 3 fully saturated rings. The van der Waals surface area contributed by atoms with Gasteiger partial charge < -0.3 is 52.8 Å². The average molecular weight is 835 g/mol. The van der Waals surface area contributed by atoms with Crippen LogP contribution in [0.25, 0.3) is 0 Å². The van der Waals surface area contributed by atoms with Gasteiger partial charge in [-0.05, 0) is 59.8 Å². The fraction of sp³-hybridized carbons (Fsp3) is 0.864. The summed E-state index contributed by atoms with van der Waals surface area (Å²) in [6, 6.07) is 8.44. The number of nitrogens with zero attached hydrogens (tertiary/aromatic N) is 8. The summed E-state index contributed by atoms with van der Waals surface area (Å²) in [6.07, 6.45) is 1.12. The van der Waals surface area contributed by atoms with E-state index in [2.05, 4.69) is 67.4 Å². The van der Waals surface area contributed by atoms with Gasteiger partial charge in [0, 0.05) is 123 Å². The summed E-state index contributed by atoms with van der Waals surface area (Å²) in [5.74, 6) is 2.00. The van der Waals surface area contributed by atoms with Crippen LogP contribution >= 0.6 is 0 Å². The molecule has 5 unspecified atom stereocenters. The maximum atomic E-state index is 6.50. The Morgan fingerprint density at radius 3 is 1.42 bits per heavy atom. The molecule has 340 valence electrons. The van der Waals surface area contributed by atoms with Crippen molar-refractivity contribution < 1.29 is 33.2 Å². The van der Waals surface area contributed by atoms with Gasteiger partial charge >= 0.3 is 0 Å². The van der Waals surface area contributed by atoms with Crippen LogP contribution in [-0.4, -0.2) is 277 Å². The minimum Gasteiger partial charge on any atom is -0.488 e. The summed E-state index contributed by atoms with van der Waals surface area (Å²) in [6.45, 7) is 25.9. The molecule has 0 N–H and O–H groups in total. The Morgan fingerprint density at radius 1 is 0.373 bits per heavy atom. The van der Waals surface area contributed by atoms with Crippen LogP contribution in [0.5, 0.6) is 11.5 Å². The van der Waals surface area contributed by atoms with Crippen LogP contribution in [0.1, 0.15) is 6.42 Å². The molecule has 0 spiro atoms. The highest BCUT2D eigenvalue weighted by atomic mass is 16.5. The van der Waals surface area contributed by atoms with Crippen LogP contribution in [0, 0.1) is 5.92 Å². The van der Waals surface area contributed by atoms with Crippen LogP contribution in [0.4, 0.5) is 0 Å². The number of likely N-dealkylation sites (N-methyl/N-ethyl adjacent to an activating group) is 4. The van der Waals surface area contributed by atoms with Gasteiger partial charge in [0.15, 0.2) is 11.5 Å². The summed E-state index contributed by atoms with van der Waals surface area (Å²) in [5.41, 5.74) is 0. The van der Waals surface area contributed by atoms with Gasteiger partial charge in [-0.1, -0.05) is 12.1 Å². The SMILES string of the molecule is CN1CCCN(C)[C@@H](C2CN(C)CCOCCN(C)CCN3CCOCCOCCOCCN(CC3)C2)CN2CCOCCN(CCOc3ccccc3OCC2)CC1. The van der Waals surface area contributed by atoms with Crippen molar-refractivity contribution in [2.75, 3.05) is 232 Å². The summed E-state index contributed by atoms with van der Waals surface area (Å²) in [5, 5.41) is 0. The number of para-hydroxylation sites is 2. The average Bonchev–Trinajstić information content (AvgIpc) is 3.23. The molecule has 15 nitrogen and oxygen atoms in total. The van der Waals surface area contributed by atoms with Gasteiger partial charge in [-0.15, -0.1) is 0 Å². The lowest BCUT2D eigenvalue weighted by atomic mass is 9.95. The Morgan fingerprint density at radius 2 is 0.797 bits per heavy atom. The van der Waals surface area contributed by atoms with Crippen LogP contribution in [0.2, 0.25) is 0 Å². The maximum absolute atomic E-state index is 6.50. The van der Waals surface area contributed by atoms with Crippen molar-refractivity contribution in [3.63, 3.8) is 0 Å². The first-order chi connectivity index (χ1) is 28.9. The highest BCUT2D eigenvalue weighted by Gasteiger charge is 2.31. The van der Waals surface area contributed by atoms with Crippen molar-refractivity contribution in [1.29, 1.82) is 0 Å². The van der Waals surface area contributed by atoms with Gasteiger partial charge in [-0.2, -0.15) is 0 Å². The van der Waals surface area contributed by atoms with Crippen molar-refractivity contribution >= 4 is 0 Å². The first-order valence-electron chi connectivity index (χ1n) is 22.8. The molecule has 15 heteroatoms. The Hall–Kier alpha value is -1.70. The van der Waals surface area contributed by atoms with Crippen LogP contribution in [0.3, 0.4) is 0 Å². The number of fused-ring (bicyclic) bond motifs is 10. The third-order valence-corrected chi connectivity index (χ3v) is 12.3. The first kappa shape index (κ1) is 48.3. The molecule has 0 aromatic heterocycles.